The highest BCUT2D eigenvalue weighted by Gasteiger charge is 2.27. The maximum absolute atomic E-state index is 12.2. The Labute approximate surface area is 136 Å². The number of carbonyl (C=O) groups is 1. The number of benzene rings is 1. The van der Waals surface area contributed by atoms with Crippen LogP contribution in [0.15, 0.2) is 69.6 Å². The third-order valence-electron chi connectivity index (χ3n) is 3.31. The van der Waals surface area contributed by atoms with Crippen LogP contribution in [-0.4, -0.2) is 5.78 Å². The van der Waals surface area contributed by atoms with Crippen LogP contribution in [-0.2, 0) is 4.79 Å². The number of halogens is 1. The van der Waals surface area contributed by atoms with Crippen LogP contribution in [0.1, 0.15) is 27.7 Å². The maximum atomic E-state index is 12.2. The standard InChI is InChI=1S/C18H19ClN2O/c1-12-9-13(10-16(17(12)22)18(2,3)4)11-20-21-15-7-5-14(19)6-8-15/h5-11H,1-4H3/b13-11+,21-20?. The first-order valence-corrected chi connectivity index (χ1v) is 7.47. The van der Waals surface area contributed by atoms with Crippen LogP contribution in [0, 0.1) is 5.41 Å². The van der Waals surface area contributed by atoms with Crippen molar-refractivity contribution in [3.63, 3.8) is 0 Å². The van der Waals surface area contributed by atoms with E-state index in [9.17, 15) is 4.79 Å². The number of azo groups is 1. The minimum atomic E-state index is -0.195. The molecule has 0 amide bonds. The van der Waals surface area contributed by atoms with Crippen molar-refractivity contribution in [2.75, 3.05) is 0 Å². The van der Waals surface area contributed by atoms with Crippen molar-refractivity contribution >= 4 is 23.1 Å². The monoisotopic (exact) mass is 314 g/mol. The lowest BCUT2D eigenvalue weighted by atomic mass is 9.78. The van der Waals surface area contributed by atoms with Gasteiger partial charge in [0.2, 0.25) is 0 Å². The molecule has 1 aliphatic rings. The summed E-state index contributed by atoms with van der Waals surface area (Å²) in [7, 11) is 0. The van der Waals surface area contributed by atoms with Crippen molar-refractivity contribution in [2.24, 2.45) is 15.6 Å². The molecule has 0 aliphatic heterocycles. The molecule has 3 nitrogen and oxygen atoms in total. The summed E-state index contributed by atoms with van der Waals surface area (Å²) in [4.78, 5) is 12.2. The van der Waals surface area contributed by atoms with Gasteiger partial charge in [0, 0.05) is 10.6 Å². The summed E-state index contributed by atoms with van der Waals surface area (Å²) in [6, 6.07) is 7.13. The van der Waals surface area contributed by atoms with Gasteiger partial charge < -0.3 is 0 Å². The lowest BCUT2D eigenvalue weighted by Gasteiger charge is -2.24. The molecule has 1 aromatic carbocycles. The van der Waals surface area contributed by atoms with Crippen LogP contribution in [0.25, 0.3) is 0 Å². The van der Waals surface area contributed by atoms with Crippen molar-refractivity contribution in [3.8, 4) is 0 Å². The quantitative estimate of drug-likeness (QED) is 0.635. The van der Waals surface area contributed by atoms with E-state index in [2.05, 4.69) is 10.2 Å². The number of hydrogen-bond acceptors (Lipinski definition) is 3. The van der Waals surface area contributed by atoms with Crippen molar-refractivity contribution in [3.05, 3.63) is 64.4 Å². The minimum absolute atomic E-state index is 0.0966. The Hall–Kier alpha value is -2.00. The molecule has 0 N–H and O–H groups in total. The van der Waals surface area contributed by atoms with Gasteiger partial charge in [-0.1, -0.05) is 32.4 Å². The Morgan fingerprint density at radius 1 is 1.09 bits per heavy atom. The van der Waals surface area contributed by atoms with E-state index in [1.807, 2.05) is 39.8 Å². The van der Waals surface area contributed by atoms with E-state index in [-0.39, 0.29) is 11.2 Å². The summed E-state index contributed by atoms with van der Waals surface area (Å²) in [6.07, 6.45) is 5.38. The topological polar surface area (TPSA) is 41.8 Å². The molecule has 1 aromatic rings. The summed E-state index contributed by atoms with van der Waals surface area (Å²) in [5.74, 6) is 0.0966. The van der Waals surface area contributed by atoms with E-state index < -0.39 is 0 Å². The van der Waals surface area contributed by atoms with Gasteiger partial charge in [0.15, 0.2) is 5.78 Å². The largest absolute Gasteiger partial charge is 0.289 e. The average Bonchev–Trinajstić information content (AvgIpc) is 2.43. The molecule has 0 radical (unpaired) electrons. The molecule has 0 saturated carbocycles. The Bertz CT molecular complexity index is 702. The molecular formula is C18H19ClN2O. The molecule has 0 unspecified atom stereocenters. The highest BCUT2D eigenvalue weighted by Crippen LogP contribution is 2.32. The third-order valence-corrected chi connectivity index (χ3v) is 3.56. The number of allylic oxidation sites excluding steroid dienone is 5. The SMILES string of the molecule is CC1=C/C(=C\N=Nc2ccc(Cl)cc2)C=C(C(C)(C)C)C1=O. The van der Waals surface area contributed by atoms with E-state index in [1.165, 1.54) is 0 Å². The highest BCUT2D eigenvalue weighted by atomic mass is 35.5. The van der Waals surface area contributed by atoms with Crippen LogP contribution < -0.4 is 0 Å². The number of nitrogens with zero attached hydrogens (tertiary/aromatic N) is 2. The summed E-state index contributed by atoms with van der Waals surface area (Å²) in [5.41, 5.74) is 2.92. The molecule has 22 heavy (non-hydrogen) atoms. The summed E-state index contributed by atoms with van der Waals surface area (Å²) in [6.45, 7) is 7.91. The van der Waals surface area contributed by atoms with Gasteiger partial charge in [-0.05, 0) is 59.9 Å². The Kier molecular flexibility index (Phi) is 4.77. The lowest BCUT2D eigenvalue weighted by Crippen LogP contribution is -2.21. The second-order valence-electron chi connectivity index (χ2n) is 6.29. The minimum Gasteiger partial charge on any atom is -0.289 e. The zero-order valence-corrected chi connectivity index (χ0v) is 14.0. The fourth-order valence-corrected chi connectivity index (χ4v) is 2.23. The molecule has 4 heteroatoms. The first-order valence-electron chi connectivity index (χ1n) is 7.09. The average molecular weight is 315 g/mol. The number of hydrogen-bond donors (Lipinski definition) is 0. The van der Waals surface area contributed by atoms with Crippen molar-refractivity contribution in [1.82, 2.24) is 0 Å². The van der Waals surface area contributed by atoms with Crippen LogP contribution in [0.3, 0.4) is 0 Å². The fraction of sp³-hybridized carbons (Fsp3) is 0.278. The zero-order chi connectivity index (χ0) is 16.3. The molecule has 0 heterocycles. The Morgan fingerprint density at radius 3 is 2.32 bits per heavy atom. The van der Waals surface area contributed by atoms with E-state index in [1.54, 1.807) is 30.5 Å². The van der Waals surface area contributed by atoms with Gasteiger partial charge in [-0.15, -0.1) is 0 Å². The molecule has 0 aromatic heterocycles. The molecule has 0 saturated heterocycles. The third kappa shape index (κ3) is 4.01. The highest BCUT2D eigenvalue weighted by molar-refractivity contribution is 6.30. The Balaban J connectivity index is 2.25. The second kappa shape index (κ2) is 6.41. The number of ketones is 1. The summed E-state index contributed by atoms with van der Waals surface area (Å²) >= 11 is 5.82. The van der Waals surface area contributed by atoms with Gasteiger partial charge in [-0.3, -0.25) is 4.79 Å². The molecule has 0 spiro atoms. The predicted molar refractivity (Wildman–Crippen MR) is 90.4 cm³/mol. The number of rotatable bonds is 2. The molecule has 1 aliphatic carbocycles. The van der Waals surface area contributed by atoms with Gasteiger partial charge in [0.1, 0.15) is 0 Å². The maximum Gasteiger partial charge on any atom is 0.185 e. The molecule has 0 bridgehead atoms. The number of carbonyl (C=O) groups excluding carboxylic acids is 1. The summed E-state index contributed by atoms with van der Waals surface area (Å²) < 4.78 is 0. The molecule has 2 rings (SSSR count). The van der Waals surface area contributed by atoms with E-state index in [0.29, 0.717) is 5.02 Å². The van der Waals surface area contributed by atoms with Crippen LogP contribution in [0.2, 0.25) is 5.02 Å². The first kappa shape index (κ1) is 16.4. The van der Waals surface area contributed by atoms with E-state index in [0.717, 1.165) is 22.4 Å². The molecule has 0 atom stereocenters. The molecular weight excluding hydrogens is 296 g/mol. The molecule has 0 fully saturated rings. The van der Waals surface area contributed by atoms with Gasteiger partial charge in [0.05, 0.1) is 11.9 Å². The second-order valence-corrected chi connectivity index (χ2v) is 6.72. The smallest absolute Gasteiger partial charge is 0.185 e. The first-order chi connectivity index (χ1) is 10.3. The summed E-state index contributed by atoms with van der Waals surface area (Å²) in [5, 5.41) is 8.88. The normalized spacial score (nSPS) is 17.9. The lowest BCUT2D eigenvalue weighted by molar-refractivity contribution is -0.113. The van der Waals surface area contributed by atoms with Crippen LogP contribution in [0.4, 0.5) is 5.69 Å². The van der Waals surface area contributed by atoms with E-state index >= 15 is 0 Å². The van der Waals surface area contributed by atoms with Crippen LogP contribution in [0.5, 0.6) is 0 Å². The van der Waals surface area contributed by atoms with Crippen molar-refractivity contribution in [2.45, 2.75) is 27.7 Å². The predicted octanol–water partition coefficient (Wildman–Crippen LogP) is 5.81. The van der Waals surface area contributed by atoms with Gasteiger partial charge in [-0.25, -0.2) is 0 Å². The van der Waals surface area contributed by atoms with E-state index in [4.69, 9.17) is 11.6 Å². The van der Waals surface area contributed by atoms with Crippen molar-refractivity contribution < 1.29 is 4.79 Å². The van der Waals surface area contributed by atoms with Gasteiger partial charge in [-0.2, -0.15) is 10.2 Å². The van der Waals surface area contributed by atoms with Crippen molar-refractivity contribution in [1.29, 1.82) is 0 Å². The van der Waals surface area contributed by atoms with Gasteiger partial charge >= 0.3 is 0 Å². The molecule has 114 valence electrons. The van der Waals surface area contributed by atoms with Gasteiger partial charge in [0.25, 0.3) is 0 Å². The van der Waals surface area contributed by atoms with Crippen LogP contribution >= 0.6 is 11.6 Å². The Morgan fingerprint density at radius 2 is 1.73 bits per heavy atom. The number of Topliss-reactive ketones (excluding diaryl/α,β-unsaturated/α-hetero) is 1. The fourth-order valence-electron chi connectivity index (χ4n) is 2.10. The zero-order valence-electron chi connectivity index (χ0n) is 13.2.